The molecule has 0 saturated heterocycles. The predicted molar refractivity (Wildman–Crippen MR) is 52.7 cm³/mol. The van der Waals surface area contributed by atoms with Crippen LogP contribution in [0.5, 0.6) is 5.75 Å². The highest BCUT2D eigenvalue weighted by atomic mass is 16.5. The van der Waals surface area contributed by atoms with Crippen LogP contribution in [-0.4, -0.2) is 6.10 Å². The van der Waals surface area contributed by atoms with E-state index in [0.29, 0.717) is 18.2 Å². The van der Waals surface area contributed by atoms with E-state index in [0.717, 1.165) is 24.2 Å². The maximum atomic E-state index is 8.79. The quantitative estimate of drug-likeness (QED) is 0.783. The molecule has 72 valence electrons. The van der Waals surface area contributed by atoms with Crippen LogP contribution >= 0.6 is 0 Å². The number of benzene rings is 1. The van der Waals surface area contributed by atoms with Gasteiger partial charge in [-0.05, 0) is 36.6 Å². The van der Waals surface area contributed by atoms with Gasteiger partial charge in [-0.1, -0.05) is 0 Å². The molecule has 1 aliphatic carbocycles. The van der Waals surface area contributed by atoms with Crippen molar-refractivity contribution in [2.75, 3.05) is 0 Å². The zero-order valence-corrected chi connectivity index (χ0v) is 7.86. The van der Waals surface area contributed by atoms with E-state index in [1.807, 2.05) is 6.07 Å². The van der Waals surface area contributed by atoms with Crippen molar-refractivity contribution in [2.24, 2.45) is 5.73 Å². The highest BCUT2D eigenvalue weighted by molar-refractivity contribution is 5.40. The molecule has 0 amide bonds. The fraction of sp³-hybridized carbons (Fsp3) is 0.364. The van der Waals surface area contributed by atoms with Crippen LogP contribution in [0, 0.1) is 11.3 Å². The number of hydrogen-bond acceptors (Lipinski definition) is 3. The average Bonchev–Trinajstić information content (AvgIpc) is 3.01. The predicted octanol–water partition coefficient (Wildman–Crippen LogP) is 1.56. The van der Waals surface area contributed by atoms with E-state index in [-0.39, 0.29) is 0 Å². The normalized spacial score (nSPS) is 14.9. The number of nitrogens with zero attached hydrogens (tertiary/aromatic N) is 1. The van der Waals surface area contributed by atoms with Crippen molar-refractivity contribution in [1.29, 1.82) is 5.26 Å². The molecule has 3 nitrogen and oxygen atoms in total. The molecule has 0 bridgehead atoms. The second-order valence-electron chi connectivity index (χ2n) is 3.50. The monoisotopic (exact) mass is 188 g/mol. The third kappa shape index (κ3) is 2.04. The van der Waals surface area contributed by atoms with Gasteiger partial charge in [-0.3, -0.25) is 0 Å². The molecule has 0 spiro atoms. The lowest BCUT2D eigenvalue weighted by Gasteiger charge is -2.06. The van der Waals surface area contributed by atoms with E-state index < -0.39 is 0 Å². The van der Waals surface area contributed by atoms with Gasteiger partial charge < -0.3 is 10.5 Å². The zero-order chi connectivity index (χ0) is 9.97. The van der Waals surface area contributed by atoms with Crippen LogP contribution in [0.1, 0.15) is 24.0 Å². The van der Waals surface area contributed by atoms with Crippen molar-refractivity contribution in [3.63, 3.8) is 0 Å². The fourth-order valence-corrected chi connectivity index (χ4v) is 1.29. The first kappa shape index (κ1) is 9.04. The van der Waals surface area contributed by atoms with Gasteiger partial charge in [0, 0.05) is 6.54 Å². The van der Waals surface area contributed by atoms with Gasteiger partial charge in [0.15, 0.2) is 0 Å². The molecule has 2 N–H and O–H groups in total. The number of ether oxygens (including phenoxy) is 1. The van der Waals surface area contributed by atoms with Gasteiger partial charge in [0.25, 0.3) is 0 Å². The van der Waals surface area contributed by atoms with Crippen LogP contribution in [0.2, 0.25) is 0 Å². The fourth-order valence-electron chi connectivity index (χ4n) is 1.29. The van der Waals surface area contributed by atoms with Gasteiger partial charge in [0.1, 0.15) is 5.75 Å². The molecule has 2 rings (SSSR count). The molecule has 14 heavy (non-hydrogen) atoms. The minimum Gasteiger partial charge on any atom is -0.490 e. The Morgan fingerprint density at radius 1 is 1.43 bits per heavy atom. The summed E-state index contributed by atoms with van der Waals surface area (Å²) in [6.07, 6.45) is 2.60. The molecule has 0 heterocycles. The Labute approximate surface area is 83.1 Å². The van der Waals surface area contributed by atoms with Crippen LogP contribution in [-0.2, 0) is 6.54 Å². The molecule has 1 saturated carbocycles. The summed E-state index contributed by atoms with van der Waals surface area (Å²) < 4.78 is 5.60. The Kier molecular flexibility index (Phi) is 2.38. The summed E-state index contributed by atoms with van der Waals surface area (Å²) in [5.41, 5.74) is 7.08. The molecule has 0 aromatic heterocycles. The molecular formula is C11H12N2O. The Morgan fingerprint density at radius 2 is 2.21 bits per heavy atom. The molecule has 3 heteroatoms. The molecule has 0 unspecified atom stereocenters. The first-order valence-electron chi connectivity index (χ1n) is 4.72. The standard InChI is InChI=1S/C11H12N2O/c12-6-8-3-9(7-13)5-11(4-8)14-10-1-2-10/h3-5,10H,1-2,6,12H2. The molecule has 1 aliphatic rings. The van der Waals surface area contributed by atoms with E-state index in [2.05, 4.69) is 6.07 Å². The van der Waals surface area contributed by atoms with Crippen LogP contribution < -0.4 is 10.5 Å². The van der Waals surface area contributed by atoms with E-state index >= 15 is 0 Å². The Hall–Kier alpha value is -1.53. The lowest BCUT2D eigenvalue weighted by molar-refractivity contribution is 0.303. The second-order valence-corrected chi connectivity index (χ2v) is 3.50. The minimum atomic E-state index is 0.356. The Balaban J connectivity index is 2.24. The van der Waals surface area contributed by atoms with Gasteiger partial charge >= 0.3 is 0 Å². The van der Waals surface area contributed by atoms with Crippen LogP contribution in [0.15, 0.2) is 18.2 Å². The minimum absolute atomic E-state index is 0.356. The molecule has 0 radical (unpaired) electrons. The Morgan fingerprint density at radius 3 is 2.79 bits per heavy atom. The highest BCUT2D eigenvalue weighted by Crippen LogP contribution is 2.27. The summed E-state index contributed by atoms with van der Waals surface area (Å²) in [6.45, 7) is 0.441. The first-order chi connectivity index (χ1) is 6.81. The van der Waals surface area contributed by atoms with Crippen LogP contribution in [0.4, 0.5) is 0 Å². The number of nitrogens with two attached hydrogens (primary N) is 1. The molecule has 0 aliphatic heterocycles. The highest BCUT2D eigenvalue weighted by Gasteiger charge is 2.23. The summed E-state index contributed by atoms with van der Waals surface area (Å²) in [4.78, 5) is 0. The second kappa shape index (κ2) is 3.69. The molecular weight excluding hydrogens is 176 g/mol. The van der Waals surface area contributed by atoms with Gasteiger partial charge in [-0.25, -0.2) is 0 Å². The number of nitriles is 1. The maximum absolute atomic E-state index is 8.79. The van der Waals surface area contributed by atoms with E-state index in [1.165, 1.54) is 0 Å². The van der Waals surface area contributed by atoms with E-state index in [9.17, 15) is 0 Å². The molecule has 0 atom stereocenters. The largest absolute Gasteiger partial charge is 0.490 e. The number of hydrogen-bond donors (Lipinski definition) is 1. The van der Waals surface area contributed by atoms with Crippen molar-refractivity contribution in [1.82, 2.24) is 0 Å². The van der Waals surface area contributed by atoms with Gasteiger partial charge in [0.05, 0.1) is 17.7 Å². The Bertz CT molecular complexity index is 377. The third-order valence-corrected chi connectivity index (χ3v) is 2.16. The van der Waals surface area contributed by atoms with Gasteiger partial charge in [0.2, 0.25) is 0 Å². The SMILES string of the molecule is N#Cc1cc(CN)cc(OC2CC2)c1. The van der Waals surface area contributed by atoms with Crippen molar-refractivity contribution >= 4 is 0 Å². The number of rotatable bonds is 3. The van der Waals surface area contributed by atoms with Crippen molar-refractivity contribution < 1.29 is 4.74 Å². The topological polar surface area (TPSA) is 59.0 Å². The molecule has 1 aromatic rings. The summed E-state index contributed by atoms with van der Waals surface area (Å²) in [5.74, 6) is 0.770. The summed E-state index contributed by atoms with van der Waals surface area (Å²) in [7, 11) is 0. The zero-order valence-electron chi connectivity index (χ0n) is 7.86. The maximum Gasteiger partial charge on any atom is 0.121 e. The smallest absolute Gasteiger partial charge is 0.121 e. The van der Waals surface area contributed by atoms with E-state index in [1.54, 1.807) is 12.1 Å². The average molecular weight is 188 g/mol. The third-order valence-electron chi connectivity index (χ3n) is 2.16. The molecule has 1 aromatic carbocycles. The molecule has 1 fully saturated rings. The summed E-state index contributed by atoms with van der Waals surface area (Å²) >= 11 is 0. The van der Waals surface area contributed by atoms with Crippen LogP contribution in [0.25, 0.3) is 0 Å². The van der Waals surface area contributed by atoms with Crippen molar-refractivity contribution in [3.05, 3.63) is 29.3 Å². The van der Waals surface area contributed by atoms with Gasteiger partial charge in [-0.2, -0.15) is 5.26 Å². The lowest BCUT2D eigenvalue weighted by Crippen LogP contribution is -2.00. The van der Waals surface area contributed by atoms with Crippen molar-refractivity contribution in [2.45, 2.75) is 25.5 Å². The van der Waals surface area contributed by atoms with Gasteiger partial charge in [-0.15, -0.1) is 0 Å². The first-order valence-corrected chi connectivity index (χ1v) is 4.72. The van der Waals surface area contributed by atoms with E-state index in [4.69, 9.17) is 15.7 Å². The van der Waals surface area contributed by atoms with Crippen molar-refractivity contribution in [3.8, 4) is 11.8 Å². The lowest BCUT2D eigenvalue weighted by atomic mass is 10.1. The summed E-state index contributed by atoms with van der Waals surface area (Å²) in [5, 5.41) is 8.79. The van der Waals surface area contributed by atoms with Crippen LogP contribution in [0.3, 0.4) is 0 Å². The summed E-state index contributed by atoms with van der Waals surface area (Å²) in [6, 6.07) is 7.55.